The molecule has 10 rings (SSSR count). The Bertz CT molecular complexity index is 3800. The topological polar surface area (TPSA) is 311 Å². The molecule has 1 aliphatic carbocycles. The maximum atomic E-state index is 15.2. The summed E-state index contributed by atoms with van der Waals surface area (Å²) in [5.74, 6) is -1.79. The fourth-order valence-electron chi connectivity index (χ4n) is 12.6. The van der Waals surface area contributed by atoms with Crippen LogP contribution in [0.3, 0.4) is 0 Å². The number of aromatic nitrogens is 2. The van der Waals surface area contributed by atoms with Gasteiger partial charge in [0.25, 0.3) is 0 Å². The van der Waals surface area contributed by atoms with E-state index >= 15 is 9.59 Å². The van der Waals surface area contributed by atoms with Crippen LogP contribution in [0.15, 0.2) is 97.3 Å². The van der Waals surface area contributed by atoms with Crippen molar-refractivity contribution >= 4 is 98.4 Å². The normalized spacial score (nSPS) is 21.7. The summed E-state index contributed by atoms with van der Waals surface area (Å²) in [4.78, 5) is 135. The summed E-state index contributed by atoms with van der Waals surface area (Å²) >= 11 is 3.41. The van der Waals surface area contributed by atoms with Gasteiger partial charge in [-0.1, -0.05) is 36.4 Å². The fraction of sp³-hybridized carbons (Fsp3) is 0.456. The first kappa shape index (κ1) is 68.5. The van der Waals surface area contributed by atoms with E-state index in [9.17, 15) is 42.3 Å². The quantitative estimate of drug-likeness (QED) is 0.0318. The number of hydrogen-bond donors (Lipinski definition) is 10. The molecular formula is C68H82F2N12O10S2. The number of Topliss-reactive ketones (excluding diaryl/α,β-unsaturated/α-hetero) is 1. The number of fused-ring (bicyclic) bond motifs is 4. The standard InChI is InChI=1S/C68H82F2N12O10S2/c1-39(60(85)80-67(2)33-58(67)83)72-22-25-93-37-41-9-11-42(12-10-41)38-94-26-23-73-66(91)68(3)21-6-24-82(68)65(90)55(27-40-13-17-48(92-4)18-14-40)79-62(87)54-7-5-8-59(84)76-47-32-57(63(88)77-54)81(36-47)64(89)56(29-44-35-75-53-20-16-46(70)31-50(44)53)78-61(86)51(71)28-43-34-74-52-19-15-45(69)30-49(43)52/h9-20,30-31,34-35,39,47,51,54-57,72,74-75H,5-8,21-29,32-33,36-38,71H2,1-4H3,(H,73,91)(H,76,84)(H,77,88)(H,78,86)(H,79,87)(H,80,85)/t39-,47-,51+,54-,55-,56+,57-,67-,68-/m0/s1. The number of hydrogen-bond acceptors (Lipinski definition) is 14. The van der Waals surface area contributed by atoms with Gasteiger partial charge in [0.2, 0.25) is 47.3 Å². The first-order valence-corrected chi connectivity index (χ1v) is 34.2. The molecule has 94 heavy (non-hydrogen) atoms. The predicted octanol–water partition coefficient (Wildman–Crippen LogP) is 4.50. The van der Waals surface area contributed by atoms with Crippen molar-refractivity contribution in [3.05, 3.63) is 137 Å². The summed E-state index contributed by atoms with van der Waals surface area (Å²) in [6.07, 6.45) is 4.30. The van der Waals surface area contributed by atoms with E-state index in [1.165, 1.54) is 46.7 Å². The Morgan fingerprint density at radius 2 is 1.35 bits per heavy atom. The number of carbonyl (C=O) groups is 9. The summed E-state index contributed by atoms with van der Waals surface area (Å²) in [5, 5.41) is 21.6. The van der Waals surface area contributed by atoms with E-state index in [0.29, 0.717) is 88.1 Å². The van der Waals surface area contributed by atoms with Crippen LogP contribution in [0.2, 0.25) is 0 Å². The Morgan fingerprint density at radius 3 is 1.98 bits per heavy atom. The Morgan fingerprint density at radius 1 is 0.745 bits per heavy atom. The molecule has 1 saturated carbocycles. The molecule has 6 aromatic rings. The van der Waals surface area contributed by atoms with E-state index < -0.39 is 94.5 Å². The molecule has 22 nitrogen and oxygen atoms in total. The molecule has 4 fully saturated rings. The van der Waals surface area contributed by atoms with E-state index in [0.717, 1.165) is 17.1 Å². The zero-order chi connectivity index (χ0) is 66.8. The molecule has 9 atom stereocenters. The van der Waals surface area contributed by atoms with Crippen molar-refractivity contribution in [1.82, 2.24) is 57.0 Å². The van der Waals surface area contributed by atoms with Gasteiger partial charge in [-0.3, -0.25) is 43.2 Å². The molecule has 3 aliphatic heterocycles. The van der Waals surface area contributed by atoms with E-state index in [2.05, 4.69) is 71.5 Å². The Kier molecular flexibility index (Phi) is 22.2. The van der Waals surface area contributed by atoms with Crippen LogP contribution in [0.5, 0.6) is 5.75 Å². The van der Waals surface area contributed by atoms with E-state index in [4.69, 9.17) is 10.5 Å². The summed E-state index contributed by atoms with van der Waals surface area (Å²) in [7, 11) is 1.53. The first-order valence-electron chi connectivity index (χ1n) is 31.9. The number of amides is 8. The van der Waals surface area contributed by atoms with Gasteiger partial charge in [0.15, 0.2) is 5.78 Å². The SMILES string of the molecule is COc1ccc(C[C@H](NC(=O)[C@@H]2CCCC(=O)N[C@H]3C[C@@H](C(=O)N2)N(C(=O)[C@@H](Cc2c[nH]c4ccc(F)cc24)NC(=O)[C@H](N)Cc2c[nH]c4ccc(F)cc24)C3)C(=O)N2CCC[C@@]2(C)C(=O)NCCSCc2ccc(CSCCN[C@@H](C)C(=O)N[C@@]3(C)CC3=O)cc2)cc1. The van der Waals surface area contributed by atoms with Crippen LogP contribution in [0.4, 0.5) is 8.78 Å². The third-order valence-electron chi connectivity index (χ3n) is 18.3. The van der Waals surface area contributed by atoms with Gasteiger partial charge in [-0.25, -0.2) is 8.78 Å². The number of nitrogens with two attached hydrogens (primary N) is 1. The minimum absolute atomic E-state index is 0.00169. The van der Waals surface area contributed by atoms with E-state index in [1.807, 2.05) is 0 Å². The number of methoxy groups -OCH3 is 1. The third kappa shape index (κ3) is 16.8. The highest BCUT2D eigenvalue weighted by Crippen LogP contribution is 2.33. The number of likely N-dealkylation sites (tertiary alicyclic amines) is 2. The average molecular weight is 1330 g/mol. The summed E-state index contributed by atoms with van der Waals surface area (Å²) < 4.78 is 34.5. The molecule has 0 spiro atoms. The van der Waals surface area contributed by atoms with Crippen LogP contribution in [-0.4, -0.2) is 171 Å². The van der Waals surface area contributed by atoms with Crippen molar-refractivity contribution < 1.29 is 56.7 Å². The minimum atomic E-state index is -1.39. The fourth-order valence-corrected chi connectivity index (χ4v) is 14.2. The number of nitrogens with zero attached hydrogens (tertiary/aromatic N) is 2. The maximum absolute atomic E-state index is 15.2. The van der Waals surface area contributed by atoms with Gasteiger partial charge in [0.05, 0.1) is 19.2 Å². The molecule has 4 aromatic carbocycles. The third-order valence-corrected chi connectivity index (χ3v) is 20.3. The molecule has 11 N–H and O–H groups in total. The molecule has 0 unspecified atom stereocenters. The monoisotopic (exact) mass is 1330 g/mol. The molecule has 3 saturated heterocycles. The van der Waals surface area contributed by atoms with Crippen molar-refractivity contribution in [3.8, 4) is 5.75 Å². The second-order valence-electron chi connectivity index (χ2n) is 25.3. The average Bonchev–Trinajstić information content (AvgIpc) is 1.64. The number of halogens is 2. The molecule has 5 heterocycles. The summed E-state index contributed by atoms with van der Waals surface area (Å²) in [5.41, 5.74) is 9.72. The number of benzene rings is 4. The number of carbonyl (C=O) groups excluding carboxylic acids is 9. The molecule has 2 aromatic heterocycles. The Hall–Kier alpha value is -8.33. The van der Waals surface area contributed by atoms with Gasteiger partial charge < -0.3 is 67.5 Å². The van der Waals surface area contributed by atoms with Gasteiger partial charge in [-0.05, 0) is 136 Å². The highest BCUT2D eigenvalue weighted by molar-refractivity contribution is 7.98. The predicted molar refractivity (Wildman–Crippen MR) is 355 cm³/mol. The van der Waals surface area contributed by atoms with Crippen molar-refractivity contribution in [1.29, 1.82) is 0 Å². The molecule has 500 valence electrons. The highest BCUT2D eigenvalue weighted by Gasteiger charge is 2.51. The van der Waals surface area contributed by atoms with Crippen LogP contribution in [0.25, 0.3) is 21.8 Å². The first-order chi connectivity index (χ1) is 45.1. The van der Waals surface area contributed by atoms with Crippen molar-refractivity contribution in [3.63, 3.8) is 0 Å². The zero-order valence-corrected chi connectivity index (χ0v) is 54.8. The smallest absolute Gasteiger partial charge is 0.246 e. The number of H-pyrrole nitrogens is 2. The molecule has 0 radical (unpaired) electrons. The number of thioether (sulfide) groups is 2. The van der Waals surface area contributed by atoms with Crippen LogP contribution < -0.4 is 47.7 Å². The van der Waals surface area contributed by atoms with Crippen molar-refractivity contribution in [2.75, 3.05) is 44.8 Å². The second-order valence-corrected chi connectivity index (χ2v) is 27.5. The van der Waals surface area contributed by atoms with Crippen molar-refractivity contribution in [2.24, 2.45) is 5.73 Å². The van der Waals surface area contributed by atoms with Gasteiger partial charge >= 0.3 is 0 Å². The van der Waals surface area contributed by atoms with Crippen LogP contribution in [-0.2, 0) is 73.9 Å². The van der Waals surface area contributed by atoms with Gasteiger partial charge in [-0.2, -0.15) is 23.5 Å². The molecule has 8 amide bonds. The molecule has 4 aliphatic rings. The zero-order valence-electron chi connectivity index (χ0n) is 53.1. The summed E-state index contributed by atoms with van der Waals surface area (Å²) in [6, 6.07) is 16.1. The number of rotatable bonds is 27. The van der Waals surface area contributed by atoms with Crippen LogP contribution >= 0.6 is 23.5 Å². The maximum Gasteiger partial charge on any atom is 0.246 e. The lowest BCUT2D eigenvalue weighted by atomic mass is 9.95. The Balaban J connectivity index is 0.776. The minimum Gasteiger partial charge on any atom is -0.497 e. The van der Waals surface area contributed by atoms with Crippen molar-refractivity contribution in [2.45, 2.75) is 150 Å². The lowest BCUT2D eigenvalue weighted by molar-refractivity contribution is -0.146. The molecular weight excluding hydrogens is 1250 g/mol. The van der Waals surface area contributed by atoms with E-state index in [1.54, 1.807) is 93.1 Å². The second kappa shape index (κ2) is 30.4. The summed E-state index contributed by atoms with van der Waals surface area (Å²) in [6.45, 7) is 6.32. The highest BCUT2D eigenvalue weighted by atomic mass is 32.2. The lowest BCUT2D eigenvalue weighted by Crippen LogP contribution is -2.62. The molecule has 26 heteroatoms. The number of aromatic amines is 2. The van der Waals surface area contributed by atoms with Gasteiger partial charge in [-0.15, -0.1) is 0 Å². The van der Waals surface area contributed by atoms with E-state index in [-0.39, 0.29) is 81.5 Å². The van der Waals surface area contributed by atoms with Crippen LogP contribution in [0, 0.1) is 11.6 Å². The Labute approximate surface area is 552 Å². The number of ether oxygens (including phenoxy) is 1. The number of ketones is 1. The molecule has 2 bridgehead atoms. The largest absolute Gasteiger partial charge is 0.497 e. The van der Waals surface area contributed by atoms with Gasteiger partial charge in [0, 0.05) is 115 Å². The lowest BCUT2D eigenvalue weighted by Gasteiger charge is -2.36. The number of nitrogens with one attached hydrogen (secondary N) is 9. The van der Waals surface area contributed by atoms with Crippen LogP contribution in [0.1, 0.15) is 93.5 Å². The van der Waals surface area contributed by atoms with Gasteiger partial charge in [0.1, 0.15) is 52.6 Å².